The van der Waals surface area contributed by atoms with E-state index in [-0.39, 0.29) is 18.2 Å². The number of methoxy groups -OCH3 is 2. The quantitative estimate of drug-likeness (QED) is 0.725. The van der Waals surface area contributed by atoms with Crippen molar-refractivity contribution in [2.45, 2.75) is 81.7 Å². The van der Waals surface area contributed by atoms with Crippen LogP contribution in [0.2, 0.25) is 0 Å². The van der Waals surface area contributed by atoms with Gasteiger partial charge in [-0.05, 0) is 80.3 Å². The second-order valence-corrected chi connectivity index (χ2v) is 9.75. The SMILES string of the molecule is COc1ccc2cc1-c1cc(ccc1OC)[C@@H]1C[C@@H](O)C[C@@H]3CCC[C@H](C[C@H](O)CC2)N31. The zero-order valence-corrected chi connectivity index (χ0v) is 19.2. The van der Waals surface area contributed by atoms with E-state index in [1.807, 2.05) is 6.07 Å². The van der Waals surface area contributed by atoms with Gasteiger partial charge in [0.1, 0.15) is 11.5 Å². The zero-order valence-electron chi connectivity index (χ0n) is 19.2. The maximum atomic E-state index is 11.0. The van der Waals surface area contributed by atoms with E-state index >= 15 is 0 Å². The van der Waals surface area contributed by atoms with Crippen LogP contribution in [0.3, 0.4) is 0 Å². The molecular formula is C27H35NO4. The Kier molecular flexibility index (Phi) is 6.15. The Morgan fingerprint density at radius 2 is 1.44 bits per heavy atom. The highest BCUT2D eigenvalue weighted by Gasteiger charge is 2.42. The summed E-state index contributed by atoms with van der Waals surface area (Å²) in [4.78, 5) is 2.63. The summed E-state index contributed by atoms with van der Waals surface area (Å²) in [7, 11) is 3.41. The molecule has 0 saturated carbocycles. The molecule has 0 amide bonds. The van der Waals surface area contributed by atoms with Gasteiger partial charge in [0.05, 0.1) is 26.4 Å². The van der Waals surface area contributed by atoms with Gasteiger partial charge in [0, 0.05) is 29.3 Å². The first-order valence-corrected chi connectivity index (χ1v) is 12.1. The van der Waals surface area contributed by atoms with Gasteiger partial charge in [-0.15, -0.1) is 0 Å². The van der Waals surface area contributed by atoms with Gasteiger partial charge in [-0.2, -0.15) is 0 Å². The Morgan fingerprint density at radius 3 is 2.16 bits per heavy atom. The van der Waals surface area contributed by atoms with Crippen molar-refractivity contribution in [1.82, 2.24) is 4.90 Å². The standard InChI is InChI=1S/C27H35NO4/c1-31-26-10-7-17-6-9-21(29)14-19-4-3-5-20-15-22(30)16-25(28(19)20)18-8-11-27(32-2)24(13-18)23(26)12-17/h7-8,10-13,19-22,25,29-30H,3-6,9,14-16H2,1-2H3/t19-,20+,21-,22+,25+/m1/s1. The first-order valence-electron chi connectivity index (χ1n) is 12.1. The second-order valence-electron chi connectivity index (χ2n) is 9.75. The molecule has 2 saturated heterocycles. The third-order valence-electron chi connectivity index (χ3n) is 7.79. The van der Waals surface area contributed by atoms with Crippen molar-refractivity contribution in [3.05, 3.63) is 47.5 Å². The van der Waals surface area contributed by atoms with Gasteiger partial charge in [-0.1, -0.05) is 18.6 Å². The molecule has 0 radical (unpaired) electrons. The van der Waals surface area contributed by atoms with E-state index in [1.54, 1.807) is 14.2 Å². The predicted molar refractivity (Wildman–Crippen MR) is 125 cm³/mol. The van der Waals surface area contributed by atoms with Crippen LogP contribution in [0.25, 0.3) is 11.1 Å². The Balaban J connectivity index is 1.68. The van der Waals surface area contributed by atoms with Gasteiger partial charge in [0.2, 0.25) is 0 Å². The smallest absolute Gasteiger partial charge is 0.126 e. The van der Waals surface area contributed by atoms with Crippen LogP contribution in [-0.2, 0) is 6.42 Å². The minimum absolute atomic E-state index is 0.140. The summed E-state index contributed by atoms with van der Waals surface area (Å²) >= 11 is 0. The number of hydrogen-bond donors (Lipinski definition) is 2. The summed E-state index contributed by atoms with van der Waals surface area (Å²) in [6, 6.07) is 13.6. The lowest BCUT2D eigenvalue weighted by Crippen LogP contribution is -2.54. The number of aliphatic hydroxyl groups is 2. The van der Waals surface area contributed by atoms with Crippen molar-refractivity contribution in [2.24, 2.45) is 0 Å². The van der Waals surface area contributed by atoms with Gasteiger partial charge in [-0.25, -0.2) is 0 Å². The lowest BCUT2D eigenvalue weighted by atomic mass is 9.80. The van der Waals surface area contributed by atoms with Crippen LogP contribution in [0.5, 0.6) is 11.5 Å². The third kappa shape index (κ3) is 4.02. The molecule has 3 aliphatic rings. The highest BCUT2D eigenvalue weighted by atomic mass is 16.5. The molecule has 0 aliphatic carbocycles. The van der Waals surface area contributed by atoms with E-state index in [0.29, 0.717) is 12.1 Å². The Labute approximate surface area is 191 Å². The molecule has 2 aromatic carbocycles. The largest absolute Gasteiger partial charge is 0.496 e. The molecule has 5 atom stereocenters. The molecule has 5 rings (SSSR count). The third-order valence-corrected chi connectivity index (χ3v) is 7.79. The van der Waals surface area contributed by atoms with Crippen LogP contribution in [0.15, 0.2) is 36.4 Å². The molecular weight excluding hydrogens is 402 g/mol. The second kappa shape index (κ2) is 9.05. The highest BCUT2D eigenvalue weighted by molar-refractivity contribution is 5.77. The molecule has 2 aromatic rings. The molecule has 0 unspecified atom stereocenters. The van der Waals surface area contributed by atoms with Crippen molar-refractivity contribution < 1.29 is 19.7 Å². The lowest BCUT2D eigenvalue weighted by Gasteiger charge is -2.51. The zero-order chi connectivity index (χ0) is 22.2. The van der Waals surface area contributed by atoms with E-state index in [9.17, 15) is 10.2 Å². The summed E-state index contributed by atoms with van der Waals surface area (Å²) in [5.74, 6) is 1.64. The van der Waals surface area contributed by atoms with Crippen LogP contribution in [0.4, 0.5) is 0 Å². The topological polar surface area (TPSA) is 62.2 Å². The summed E-state index contributed by atoms with van der Waals surface area (Å²) < 4.78 is 11.5. The van der Waals surface area contributed by atoms with Crippen molar-refractivity contribution >= 4 is 0 Å². The number of hydrogen-bond acceptors (Lipinski definition) is 5. The van der Waals surface area contributed by atoms with Crippen LogP contribution in [0, 0.1) is 0 Å². The van der Waals surface area contributed by atoms with Crippen LogP contribution < -0.4 is 9.47 Å². The van der Waals surface area contributed by atoms with E-state index in [4.69, 9.17) is 9.47 Å². The average Bonchev–Trinajstić information content (AvgIpc) is 2.81. The number of aryl methyl sites for hydroxylation is 1. The molecule has 172 valence electrons. The Morgan fingerprint density at radius 1 is 0.781 bits per heavy atom. The minimum Gasteiger partial charge on any atom is -0.496 e. The van der Waals surface area contributed by atoms with Crippen molar-refractivity contribution in [1.29, 1.82) is 0 Å². The number of rotatable bonds is 2. The Bertz CT molecular complexity index is 961. The summed E-state index contributed by atoms with van der Waals surface area (Å²) in [6.07, 6.45) is 6.74. The molecule has 2 N–H and O–H groups in total. The van der Waals surface area contributed by atoms with E-state index < -0.39 is 0 Å². The molecule has 0 aromatic heterocycles. The van der Waals surface area contributed by atoms with E-state index in [2.05, 4.69) is 35.2 Å². The summed E-state index contributed by atoms with van der Waals surface area (Å²) in [5, 5.41) is 21.7. The van der Waals surface area contributed by atoms with Gasteiger partial charge >= 0.3 is 0 Å². The first-order chi connectivity index (χ1) is 15.6. The molecule has 0 spiro atoms. The summed E-state index contributed by atoms with van der Waals surface area (Å²) in [6.45, 7) is 0. The fourth-order valence-electron chi connectivity index (χ4n) is 6.30. The number of piperidine rings is 2. The molecule has 5 nitrogen and oxygen atoms in total. The molecule has 5 heteroatoms. The van der Waals surface area contributed by atoms with Crippen LogP contribution in [-0.4, -0.2) is 53.6 Å². The lowest BCUT2D eigenvalue weighted by molar-refractivity contribution is -0.0599. The fourth-order valence-corrected chi connectivity index (χ4v) is 6.30. The maximum absolute atomic E-state index is 11.0. The average molecular weight is 438 g/mol. The molecule has 2 fully saturated rings. The number of fused-ring (bicyclic) bond motifs is 6. The normalized spacial score (nSPS) is 30.3. The maximum Gasteiger partial charge on any atom is 0.126 e. The van der Waals surface area contributed by atoms with Crippen LogP contribution in [0.1, 0.15) is 62.1 Å². The van der Waals surface area contributed by atoms with Gasteiger partial charge in [-0.3, -0.25) is 4.90 Å². The fraction of sp³-hybridized carbons (Fsp3) is 0.556. The number of ether oxygens (including phenoxy) is 2. The van der Waals surface area contributed by atoms with Gasteiger partial charge < -0.3 is 19.7 Å². The first kappa shape index (κ1) is 21.7. The number of nitrogens with zero attached hydrogens (tertiary/aromatic N) is 1. The van der Waals surface area contributed by atoms with Crippen LogP contribution >= 0.6 is 0 Å². The molecule has 32 heavy (non-hydrogen) atoms. The van der Waals surface area contributed by atoms with E-state index in [0.717, 1.165) is 67.6 Å². The molecule has 4 bridgehead atoms. The van der Waals surface area contributed by atoms with Crippen molar-refractivity contribution in [3.8, 4) is 22.6 Å². The predicted octanol–water partition coefficient (Wildman–Crippen LogP) is 4.49. The molecule has 3 aliphatic heterocycles. The molecule has 3 heterocycles. The van der Waals surface area contributed by atoms with Gasteiger partial charge in [0.15, 0.2) is 0 Å². The summed E-state index contributed by atoms with van der Waals surface area (Å²) in [5.41, 5.74) is 4.44. The number of benzene rings is 2. The monoisotopic (exact) mass is 437 g/mol. The number of aliphatic hydroxyl groups excluding tert-OH is 2. The van der Waals surface area contributed by atoms with Crippen molar-refractivity contribution in [3.63, 3.8) is 0 Å². The van der Waals surface area contributed by atoms with Gasteiger partial charge in [0.25, 0.3) is 0 Å². The highest BCUT2D eigenvalue weighted by Crippen LogP contribution is 2.45. The minimum atomic E-state index is -0.324. The van der Waals surface area contributed by atoms with Crippen molar-refractivity contribution in [2.75, 3.05) is 14.2 Å². The van der Waals surface area contributed by atoms with E-state index in [1.165, 1.54) is 17.5 Å². The Hall–Kier alpha value is -2.08.